The second-order valence-electron chi connectivity index (χ2n) is 6.84. The van der Waals surface area contributed by atoms with Crippen molar-refractivity contribution in [3.05, 3.63) is 76.3 Å². The number of halogens is 2. The Morgan fingerprint density at radius 1 is 1.08 bits per heavy atom. The average molecular weight is 370 g/mol. The topological polar surface area (TPSA) is 21.1 Å². The Bertz CT molecular complexity index is 916. The number of aromatic nitrogens is 2. The molecule has 26 heavy (non-hydrogen) atoms. The van der Waals surface area contributed by atoms with Crippen LogP contribution in [0.2, 0.25) is 5.02 Å². The van der Waals surface area contributed by atoms with E-state index in [0.29, 0.717) is 6.04 Å². The molecule has 1 atom stereocenters. The van der Waals surface area contributed by atoms with Crippen molar-refractivity contribution < 1.29 is 4.39 Å². The van der Waals surface area contributed by atoms with Gasteiger partial charge in [-0.25, -0.2) is 9.37 Å². The Balaban J connectivity index is 1.60. The summed E-state index contributed by atoms with van der Waals surface area (Å²) in [5, 5.41) is 0.762. The molecule has 0 saturated heterocycles. The third-order valence-electron chi connectivity index (χ3n) is 5.29. The smallest absolute Gasteiger partial charge is 0.140 e. The fraction of sp³-hybridized carbons (Fsp3) is 0.286. The monoisotopic (exact) mass is 369 g/mol. The number of benzene rings is 2. The van der Waals surface area contributed by atoms with E-state index in [9.17, 15) is 4.39 Å². The number of imidazole rings is 1. The molecule has 134 valence electrons. The van der Waals surface area contributed by atoms with E-state index in [4.69, 9.17) is 16.6 Å². The summed E-state index contributed by atoms with van der Waals surface area (Å²) in [6, 6.07) is 14.9. The van der Waals surface area contributed by atoms with Crippen LogP contribution in [-0.2, 0) is 20.0 Å². The van der Waals surface area contributed by atoms with Crippen LogP contribution in [0.4, 0.5) is 4.39 Å². The average Bonchev–Trinajstić information content (AvgIpc) is 2.99. The van der Waals surface area contributed by atoms with Gasteiger partial charge in [0.1, 0.15) is 11.6 Å². The molecule has 2 aromatic carbocycles. The summed E-state index contributed by atoms with van der Waals surface area (Å²) in [7, 11) is 2.04. The summed E-state index contributed by atoms with van der Waals surface area (Å²) in [5.41, 5.74) is 4.59. The summed E-state index contributed by atoms with van der Waals surface area (Å²) in [5.74, 6) is 0.673. The molecule has 1 unspecified atom stereocenters. The molecule has 4 rings (SSSR count). The van der Waals surface area contributed by atoms with Gasteiger partial charge in [-0.3, -0.25) is 4.90 Å². The minimum atomic E-state index is -0.226. The lowest BCUT2D eigenvalue weighted by Gasteiger charge is -2.32. The first-order valence-corrected chi connectivity index (χ1v) is 9.20. The standard InChI is InChI=1S/C21H21ClFN3/c1-14(15-3-7-17(22)8-4-15)26-12-11-19-20(13-26)25(2)21(24-19)16-5-9-18(23)10-6-16/h3-10,14H,11-13H2,1-2H3. The van der Waals surface area contributed by atoms with Crippen molar-refractivity contribution in [1.29, 1.82) is 0 Å². The molecule has 0 radical (unpaired) electrons. The molecule has 0 aliphatic carbocycles. The fourth-order valence-electron chi connectivity index (χ4n) is 3.65. The quantitative estimate of drug-likeness (QED) is 0.647. The van der Waals surface area contributed by atoms with Gasteiger partial charge < -0.3 is 4.57 Å². The van der Waals surface area contributed by atoms with Crippen molar-refractivity contribution in [3.63, 3.8) is 0 Å². The molecular weight excluding hydrogens is 349 g/mol. The van der Waals surface area contributed by atoms with Gasteiger partial charge >= 0.3 is 0 Å². The minimum Gasteiger partial charge on any atom is -0.330 e. The number of hydrogen-bond acceptors (Lipinski definition) is 2. The van der Waals surface area contributed by atoms with Crippen LogP contribution in [-0.4, -0.2) is 21.0 Å². The highest BCUT2D eigenvalue weighted by atomic mass is 35.5. The molecule has 3 aromatic rings. The first-order chi connectivity index (χ1) is 12.5. The van der Waals surface area contributed by atoms with Crippen molar-refractivity contribution in [2.45, 2.75) is 25.9 Å². The zero-order valence-electron chi connectivity index (χ0n) is 14.9. The van der Waals surface area contributed by atoms with Gasteiger partial charge in [0.25, 0.3) is 0 Å². The minimum absolute atomic E-state index is 0.226. The summed E-state index contributed by atoms with van der Waals surface area (Å²) in [6.07, 6.45) is 0.919. The van der Waals surface area contributed by atoms with E-state index in [2.05, 4.69) is 28.5 Å². The van der Waals surface area contributed by atoms with Crippen LogP contribution < -0.4 is 0 Å². The predicted octanol–water partition coefficient (Wildman–Crippen LogP) is 5.00. The molecule has 1 aliphatic heterocycles. The largest absolute Gasteiger partial charge is 0.330 e. The van der Waals surface area contributed by atoms with Crippen molar-refractivity contribution in [3.8, 4) is 11.4 Å². The van der Waals surface area contributed by atoms with Crippen molar-refractivity contribution in [2.75, 3.05) is 6.54 Å². The van der Waals surface area contributed by atoms with Gasteiger partial charge in [-0.05, 0) is 48.9 Å². The maximum atomic E-state index is 13.2. The van der Waals surface area contributed by atoms with Gasteiger partial charge in [0, 0.05) is 43.2 Å². The zero-order chi connectivity index (χ0) is 18.3. The zero-order valence-corrected chi connectivity index (χ0v) is 15.7. The molecule has 1 aromatic heterocycles. The van der Waals surface area contributed by atoms with Crippen LogP contribution in [0.5, 0.6) is 0 Å². The molecule has 1 aliphatic rings. The van der Waals surface area contributed by atoms with E-state index < -0.39 is 0 Å². The Hall–Kier alpha value is -2.17. The summed E-state index contributed by atoms with van der Waals surface area (Å²) >= 11 is 6.01. The molecule has 0 fully saturated rings. The normalized spacial score (nSPS) is 15.7. The van der Waals surface area contributed by atoms with Gasteiger partial charge in [0.15, 0.2) is 0 Å². The van der Waals surface area contributed by atoms with Crippen LogP contribution in [0.3, 0.4) is 0 Å². The van der Waals surface area contributed by atoms with Crippen molar-refractivity contribution in [1.82, 2.24) is 14.5 Å². The summed E-state index contributed by atoms with van der Waals surface area (Å²) in [6.45, 7) is 4.05. The second-order valence-corrected chi connectivity index (χ2v) is 7.28. The Morgan fingerprint density at radius 2 is 1.77 bits per heavy atom. The highest BCUT2D eigenvalue weighted by molar-refractivity contribution is 6.30. The van der Waals surface area contributed by atoms with Crippen LogP contribution in [0, 0.1) is 5.82 Å². The fourth-order valence-corrected chi connectivity index (χ4v) is 3.77. The molecule has 0 saturated carbocycles. The maximum absolute atomic E-state index is 13.2. The van der Waals surface area contributed by atoms with E-state index in [-0.39, 0.29) is 5.82 Å². The van der Waals surface area contributed by atoms with Gasteiger partial charge in [0.05, 0.1) is 11.4 Å². The van der Waals surface area contributed by atoms with Crippen LogP contribution >= 0.6 is 11.6 Å². The number of nitrogens with zero attached hydrogens (tertiary/aromatic N) is 3. The predicted molar refractivity (Wildman–Crippen MR) is 103 cm³/mol. The van der Waals surface area contributed by atoms with Crippen LogP contribution in [0.25, 0.3) is 11.4 Å². The van der Waals surface area contributed by atoms with Crippen LogP contribution in [0.15, 0.2) is 48.5 Å². The summed E-state index contributed by atoms with van der Waals surface area (Å²) < 4.78 is 15.4. The molecule has 2 heterocycles. The van der Waals surface area contributed by atoms with Gasteiger partial charge in [0.2, 0.25) is 0 Å². The molecule has 0 bridgehead atoms. The van der Waals surface area contributed by atoms with E-state index in [0.717, 1.165) is 41.6 Å². The first kappa shape index (κ1) is 17.3. The van der Waals surface area contributed by atoms with Gasteiger partial charge in [-0.1, -0.05) is 23.7 Å². The third kappa shape index (κ3) is 3.15. The molecule has 0 amide bonds. The maximum Gasteiger partial charge on any atom is 0.140 e. The number of fused-ring (bicyclic) bond motifs is 1. The van der Waals surface area contributed by atoms with Crippen LogP contribution in [0.1, 0.15) is 29.9 Å². The molecule has 3 nitrogen and oxygen atoms in total. The van der Waals surface area contributed by atoms with Crippen molar-refractivity contribution >= 4 is 11.6 Å². The Kier molecular flexibility index (Phi) is 4.55. The second kappa shape index (κ2) is 6.86. The van der Waals surface area contributed by atoms with E-state index >= 15 is 0 Å². The Labute approximate surface area is 158 Å². The number of hydrogen-bond donors (Lipinski definition) is 0. The molecule has 0 N–H and O–H groups in total. The molecule has 0 spiro atoms. The summed E-state index contributed by atoms with van der Waals surface area (Å²) in [4.78, 5) is 7.28. The first-order valence-electron chi connectivity index (χ1n) is 8.83. The van der Waals surface area contributed by atoms with E-state index in [1.807, 2.05) is 19.2 Å². The Morgan fingerprint density at radius 3 is 2.46 bits per heavy atom. The highest BCUT2D eigenvalue weighted by Gasteiger charge is 2.26. The highest BCUT2D eigenvalue weighted by Crippen LogP contribution is 2.30. The van der Waals surface area contributed by atoms with E-state index in [1.165, 1.54) is 23.4 Å². The van der Waals surface area contributed by atoms with Gasteiger partial charge in [-0.2, -0.15) is 0 Å². The third-order valence-corrected chi connectivity index (χ3v) is 5.54. The lowest BCUT2D eigenvalue weighted by atomic mass is 10.0. The molecular formula is C21H21ClFN3. The lowest BCUT2D eigenvalue weighted by Crippen LogP contribution is -2.33. The van der Waals surface area contributed by atoms with Gasteiger partial charge in [-0.15, -0.1) is 0 Å². The van der Waals surface area contributed by atoms with E-state index in [1.54, 1.807) is 12.1 Å². The SMILES string of the molecule is CC(c1ccc(Cl)cc1)N1CCc2nc(-c3ccc(F)cc3)n(C)c2C1. The molecule has 5 heteroatoms. The van der Waals surface area contributed by atoms with Crippen molar-refractivity contribution in [2.24, 2.45) is 7.05 Å². The lowest BCUT2D eigenvalue weighted by molar-refractivity contribution is 0.186. The number of rotatable bonds is 3.